The highest BCUT2D eigenvalue weighted by molar-refractivity contribution is 7.13. The van der Waals surface area contributed by atoms with E-state index >= 15 is 0 Å². The maximum Gasteiger partial charge on any atom is 0.333 e. The van der Waals surface area contributed by atoms with Crippen molar-refractivity contribution in [3.63, 3.8) is 0 Å². The number of thiazole rings is 1. The molecule has 0 atom stereocenters. The van der Waals surface area contributed by atoms with Gasteiger partial charge in [-0.05, 0) is 6.92 Å². The first-order chi connectivity index (χ1) is 10.1. The van der Waals surface area contributed by atoms with Crippen LogP contribution >= 0.6 is 11.3 Å². The van der Waals surface area contributed by atoms with Crippen LogP contribution < -0.4 is 16.2 Å². The first-order valence-electron chi connectivity index (χ1n) is 6.36. The predicted octanol–water partition coefficient (Wildman–Crippen LogP) is 1.62. The Labute approximate surface area is 126 Å². The minimum Gasteiger partial charge on any atom is -0.340 e. The maximum atomic E-state index is 11.6. The third kappa shape index (κ3) is 4.28. The predicted molar refractivity (Wildman–Crippen MR) is 81.7 cm³/mol. The molecule has 3 N–H and O–H groups in total. The van der Waals surface area contributed by atoms with Crippen LogP contribution in [0, 0.1) is 6.92 Å². The van der Waals surface area contributed by atoms with E-state index in [4.69, 9.17) is 0 Å². The average molecular weight is 304 g/mol. The molecule has 0 aliphatic carbocycles. The largest absolute Gasteiger partial charge is 0.340 e. The Kier molecular flexibility index (Phi) is 4.89. The number of hydrogen-bond donors (Lipinski definition) is 3. The van der Waals surface area contributed by atoms with Crippen LogP contribution in [-0.2, 0) is 11.2 Å². The second kappa shape index (κ2) is 6.85. The van der Waals surface area contributed by atoms with E-state index in [-0.39, 0.29) is 12.3 Å². The number of aryl methyl sites for hydroxylation is 1. The number of nitrogens with one attached hydrogen (secondary N) is 3. The van der Waals surface area contributed by atoms with Crippen molar-refractivity contribution in [2.24, 2.45) is 0 Å². The van der Waals surface area contributed by atoms with Crippen molar-refractivity contribution in [3.8, 4) is 10.6 Å². The summed E-state index contributed by atoms with van der Waals surface area (Å²) < 4.78 is 0. The van der Waals surface area contributed by atoms with E-state index in [1.54, 1.807) is 0 Å². The van der Waals surface area contributed by atoms with Gasteiger partial charge in [0, 0.05) is 18.0 Å². The maximum absolute atomic E-state index is 11.6. The summed E-state index contributed by atoms with van der Waals surface area (Å²) in [5, 5.41) is 5.05. The van der Waals surface area contributed by atoms with Gasteiger partial charge in [-0.15, -0.1) is 11.3 Å². The number of benzene rings is 1. The molecule has 0 aliphatic rings. The summed E-state index contributed by atoms with van der Waals surface area (Å²) in [5.41, 5.74) is 7.42. The summed E-state index contributed by atoms with van der Waals surface area (Å²) in [6.07, 6.45) is 0.117. The molecule has 0 fully saturated rings. The zero-order chi connectivity index (χ0) is 15.2. The molecule has 0 unspecified atom stereocenters. The fourth-order valence-electron chi connectivity index (χ4n) is 1.61. The first-order valence-corrected chi connectivity index (χ1v) is 7.24. The van der Waals surface area contributed by atoms with Crippen molar-refractivity contribution in [1.29, 1.82) is 0 Å². The smallest absolute Gasteiger partial charge is 0.333 e. The highest BCUT2D eigenvalue weighted by Gasteiger charge is 2.09. The Morgan fingerprint density at radius 1 is 1.19 bits per heavy atom. The third-order valence-corrected chi connectivity index (χ3v) is 3.67. The van der Waals surface area contributed by atoms with Crippen LogP contribution in [0.3, 0.4) is 0 Å². The van der Waals surface area contributed by atoms with Gasteiger partial charge in [-0.1, -0.05) is 29.8 Å². The first kappa shape index (κ1) is 15.0. The van der Waals surface area contributed by atoms with Crippen molar-refractivity contribution in [1.82, 2.24) is 21.2 Å². The lowest BCUT2D eigenvalue weighted by Crippen LogP contribution is -2.46. The van der Waals surface area contributed by atoms with E-state index in [0.29, 0.717) is 5.69 Å². The molecule has 0 radical (unpaired) electrons. The van der Waals surface area contributed by atoms with Crippen LogP contribution in [0.1, 0.15) is 11.3 Å². The fraction of sp³-hybridized carbons (Fsp3) is 0.214. The lowest BCUT2D eigenvalue weighted by Gasteiger charge is -2.05. The van der Waals surface area contributed by atoms with Crippen molar-refractivity contribution in [2.75, 3.05) is 7.05 Å². The summed E-state index contributed by atoms with van der Waals surface area (Å²) in [4.78, 5) is 27.0. The number of aromatic nitrogens is 1. The average Bonchev–Trinajstić information content (AvgIpc) is 2.94. The van der Waals surface area contributed by atoms with Gasteiger partial charge in [-0.2, -0.15) is 0 Å². The fourth-order valence-corrected chi connectivity index (χ4v) is 2.44. The molecule has 2 rings (SSSR count). The standard InChI is InChI=1S/C14H16N4O2S/c1-9-3-5-10(6-4-9)13-16-11(8-21-13)7-12(19)17-18-14(20)15-2/h3-6,8H,7H2,1-2H3,(H,17,19)(H2,15,18,20). The molecule has 0 spiro atoms. The molecular weight excluding hydrogens is 288 g/mol. The molecule has 3 amide bonds. The van der Waals surface area contributed by atoms with Crippen LogP contribution in [0.4, 0.5) is 4.79 Å². The SMILES string of the molecule is CNC(=O)NNC(=O)Cc1csc(-c2ccc(C)cc2)n1. The number of rotatable bonds is 3. The van der Waals surface area contributed by atoms with E-state index in [9.17, 15) is 9.59 Å². The summed E-state index contributed by atoms with van der Waals surface area (Å²) in [6.45, 7) is 2.03. The monoisotopic (exact) mass is 304 g/mol. The van der Waals surface area contributed by atoms with Crippen LogP contribution in [0.2, 0.25) is 0 Å². The molecule has 21 heavy (non-hydrogen) atoms. The van der Waals surface area contributed by atoms with Gasteiger partial charge in [0.1, 0.15) is 5.01 Å². The zero-order valence-electron chi connectivity index (χ0n) is 11.8. The van der Waals surface area contributed by atoms with E-state index in [1.807, 2.05) is 36.6 Å². The van der Waals surface area contributed by atoms with Gasteiger partial charge < -0.3 is 5.32 Å². The van der Waals surface area contributed by atoms with Crippen molar-refractivity contribution < 1.29 is 9.59 Å². The van der Waals surface area contributed by atoms with Crippen LogP contribution in [0.5, 0.6) is 0 Å². The van der Waals surface area contributed by atoms with Gasteiger partial charge in [0.2, 0.25) is 5.91 Å². The molecule has 0 aliphatic heterocycles. The van der Waals surface area contributed by atoms with Gasteiger partial charge in [0.05, 0.1) is 12.1 Å². The molecule has 0 saturated heterocycles. The molecule has 1 aromatic heterocycles. The Morgan fingerprint density at radius 3 is 2.57 bits per heavy atom. The number of urea groups is 1. The van der Waals surface area contributed by atoms with Crippen LogP contribution in [0.15, 0.2) is 29.6 Å². The number of carbonyl (C=O) groups is 2. The Balaban J connectivity index is 1.95. The molecule has 1 heterocycles. The number of carbonyl (C=O) groups excluding carboxylic acids is 2. The quantitative estimate of drug-likeness (QED) is 0.754. The zero-order valence-corrected chi connectivity index (χ0v) is 12.6. The summed E-state index contributed by atoms with van der Waals surface area (Å²) in [6, 6.07) is 7.59. The van der Waals surface area contributed by atoms with Crippen molar-refractivity contribution in [3.05, 3.63) is 40.9 Å². The summed E-state index contributed by atoms with van der Waals surface area (Å²) in [5.74, 6) is -0.320. The van der Waals surface area contributed by atoms with Crippen molar-refractivity contribution >= 4 is 23.3 Å². The molecule has 0 saturated carbocycles. The Hall–Kier alpha value is -2.41. The number of hydrazine groups is 1. The number of nitrogens with zero attached hydrogens (tertiary/aromatic N) is 1. The molecule has 110 valence electrons. The normalized spacial score (nSPS) is 10.0. The topological polar surface area (TPSA) is 83.1 Å². The van der Waals surface area contributed by atoms with E-state index in [1.165, 1.54) is 23.9 Å². The lowest BCUT2D eigenvalue weighted by molar-refractivity contribution is -0.121. The molecule has 7 heteroatoms. The molecule has 0 bridgehead atoms. The van der Waals surface area contributed by atoms with Gasteiger partial charge in [0.15, 0.2) is 0 Å². The number of hydrogen-bond acceptors (Lipinski definition) is 4. The minimum absolute atomic E-state index is 0.117. The second-order valence-electron chi connectivity index (χ2n) is 4.44. The summed E-state index contributed by atoms with van der Waals surface area (Å²) >= 11 is 1.49. The minimum atomic E-state index is -0.470. The van der Waals surface area contributed by atoms with Crippen LogP contribution in [0.25, 0.3) is 10.6 Å². The number of amides is 3. The van der Waals surface area contributed by atoms with Crippen LogP contribution in [-0.4, -0.2) is 24.0 Å². The molecular formula is C14H16N4O2S. The molecule has 6 nitrogen and oxygen atoms in total. The second-order valence-corrected chi connectivity index (χ2v) is 5.30. The molecule has 2 aromatic rings. The van der Waals surface area contributed by atoms with E-state index in [0.717, 1.165) is 10.6 Å². The van der Waals surface area contributed by atoms with Gasteiger partial charge in [0.25, 0.3) is 0 Å². The summed E-state index contributed by atoms with van der Waals surface area (Å²) in [7, 11) is 1.47. The highest BCUT2D eigenvalue weighted by atomic mass is 32.1. The third-order valence-electron chi connectivity index (χ3n) is 2.73. The van der Waals surface area contributed by atoms with E-state index < -0.39 is 6.03 Å². The molecule has 1 aromatic carbocycles. The van der Waals surface area contributed by atoms with Gasteiger partial charge >= 0.3 is 6.03 Å². The van der Waals surface area contributed by atoms with Gasteiger partial charge in [-0.3, -0.25) is 10.2 Å². The Bertz CT molecular complexity index is 637. The highest BCUT2D eigenvalue weighted by Crippen LogP contribution is 2.24. The van der Waals surface area contributed by atoms with Crippen molar-refractivity contribution in [2.45, 2.75) is 13.3 Å². The Morgan fingerprint density at radius 2 is 1.90 bits per heavy atom. The van der Waals surface area contributed by atoms with Gasteiger partial charge in [-0.25, -0.2) is 15.2 Å². The lowest BCUT2D eigenvalue weighted by atomic mass is 10.2. The van der Waals surface area contributed by atoms with E-state index in [2.05, 4.69) is 21.2 Å².